The molecule has 1 aromatic rings. The number of nitrogens with zero attached hydrogens (tertiary/aromatic N) is 1. The third-order valence-corrected chi connectivity index (χ3v) is 3.51. The van der Waals surface area contributed by atoms with Gasteiger partial charge in [-0.25, -0.2) is 9.80 Å². The van der Waals surface area contributed by atoms with Crippen molar-refractivity contribution in [1.82, 2.24) is 10.4 Å². The van der Waals surface area contributed by atoms with Gasteiger partial charge in [-0.05, 0) is 45.3 Å². The third-order valence-electron chi connectivity index (χ3n) is 3.51. The second-order valence-electron chi connectivity index (χ2n) is 6.64. The van der Waals surface area contributed by atoms with Crippen molar-refractivity contribution in [3.05, 3.63) is 41.5 Å². The van der Waals surface area contributed by atoms with Crippen LogP contribution in [0.2, 0.25) is 0 Å². The molecule has 0 saturated carbocycles. The molecule has 2 rings (SSSR count). The molecule has 0 bridgehead atoms. The van der Waals surface area contributed by atoms with Gasteiger partial charge in [0.1, 0.15) is 5.60 Å². The third kappa shape index (κ3) is 4.93. The monoisotopic (exact) mass is 316 g/mol. The maximum atomic E-state index is 11.8. The van der Waals surface area contributed by atoms with E-state index < -0.39 is 11.7 Å². The van der Waals surface area contributed by atoms with E-state index in [0.717, 1.165) is 23.1 Å². The summed E-state index contributed by atoms with van der Waals surface area (Å²) in [5, 5.41) is 1.81. The van der Waals surface area contributed by atoms with Gasteiger partial charge in [0.2, 0.25) is 0 Å². The number of amides is 1. The van der Waals surface area contributed by atoms with Crippen LogP contribution in [0.25, 0.3) is 5.57 Å². The number of ether oxygens (including phenoxy) is 1. The van der Waals surface area contributed by atoms with Crippen LogP contribution in [0.5, 0.6) is 0 Å². The molecule has 0 fully saturated rings. The lowest BCUT2D eigenvalue weighted by atomic mass is 9.94. The number of hydrogen-bond donors (Lipinski definition) is 1. The van der Waals surface area contributed by atoms with Crippen LogP contribution < -0.4 is 5.43 Å². The second kappa shape index (κ2) is 6.96. The van der Waals surface area contributed by atoms with Crippen LogP contribution in [0.3, 0.4) is 0 Å². The number of hydrogen-bond acceptors (Lipinski definition) is 4. The van der Waals surface area contributed by atoms with Gasteiger partial charge in [-0.15, -0.1) is 0 Å². The lowest BCUT2D eigenvalue weighted by Crippen LogP contribution is -2.46. The number of carbonyl (C=O) groups excluding carboxylic acids is 2. The standard InChI is InChI=1S/C18H24N2O3/c1-13(21)15-7-5-6-8-16(15)14-9-11-20(12-10-14)19-17(22)23-18(2,3)4/h5-9H,10-12H2,1-4H3,(H,19,22). The van der Waals surface area contributed by atoms with Crippen LogP contribution >= 0.6 is 0 Å². The summed E-state index contributed by atoms with van der Waals surface area (Å²) in [7, 11) is 0. The van der Waals surface area contributed by atoms with Crippen molar-refractivity contribution in [2.24, 2.45) is 0 Å². The van der Waals surface area contributed by atoms with Gasteiger partial charge in [-0.1, -0.05) is 30.3 Å². The van der Waals surface area contributed by atoms with Crippen LogP contribution in [-0.4, -0.2) is 35.6 Å². The molecule has 0 spiro atoms. The van der Waals surface area contributed by atoms with Gasteiger partial charge in [-0.3, -0.25) is 10.2 Å². The smallest absolute Gasteiger partial charge is 0.422 e. The average Bonchev–Trinajstić information content (AvgIpc) is 2.46. The van der Waals surface area contributed by atoms with E-state index in [2.05, 4.69) is 5.43 Å². The molecule has 1 amide bonds. The van der Waals surface area contributed by atoms with Crippen LogP contribution in [0.1, 0.15) is 50.0 Å². The SMILES string of the molecule is CC(=O)c1ccccc1C1=CCN(NC(=O)OC(C)(C)C)CC1. The highest BCUT2D eigenvalue weighted by Gasteiger charge is 2.21. The fourth-order valence-corrected chi connectivity index (χ4v) is 2.52. The first-order chi connectivity index (χ1) is 10.8. The molecule has 1 aromatic carbocycles. The van der Waals surface area contributed by atoms with Crippen LogP contribution in [0.15, 0.2) is 30.3 Å². The average molecular weight is 316 g/mol. The zero-order chi connectivity index (χ0) is 17.0. The summed E-state index contributed by atoms with van der Waals surface area (Å²) in [4.78, 5) is 23.5. The Hall–Kier alpha value is -2.14. The predicted molar refractivity (Wildman–Crippen MR) is 90.0 cm³/mol. The molecular weight excluding hydrogens is 292 g/mol. The van der Waals surface area contributed by atoms with E-state index >= 15 is 0 Å². The molecule has 5 nitrogen and oxygen atoms in total. The highest BCUT2D eigenvalue weighted by Crippen LogP contribution is 2.25. The van der Waals surface area contributed by atoms with Crippen LogP contribution in [0.4, 0.5) is 4.79 Å². The van der Waals surface area contributed by atoms with Crippen molar-refractivity contribution in [2.45, 2.75) is 39.7 Å². The number of benzene rings is 1. The molecule has 1 heterocycles. The highest BCUT2D eigenvalue weighted by molar-refractivity contribution is 5.99. The van der Waals surface area contributed by atoms with E-state index in [9.17, 15) is 9.59 Å². The van der Waals surface area contributed by atoms with Crippen molar-refractivity contribution in [1.29, 1.82) is 0 Å². The Morgan fingerprint density at radius 1 is 1.22 bits per heavy atom. The van der Waals surface area contributed by atoms with Gasteiger partial charge in [0, 0.05) is 18.7 Å². The number of nitrogens with one attached hydrogen (secondary N) is 1. The Morgan fingerprint density at radius 2 is 1.91 bits per heavy atom. The Labute approximate surface area is 137 Å². The minimum Gasteiger partial charge on any atom is -0.443 e. The minimum absolute atomic E-state index is 0.0656. The second-order valence-corrected chi connectivity index (χ2v) is 6.64. The van der Waals surface area contributed by atoms with Crippen molar-refractivity contribution in [2.75, 3.05) is 13.1 Å². The Morgan fingerprint density at radius 3 is 2.48 bits per heavy atom. The highest BCUT2D eigenvalue weighted by atomic mass is 16.6. The van der Waals surface area contributed by atoms with E-state index in [0.29, 0.717) is 13.1 Å². The summed E-state index contributed by atoms with van der Waals surface area (Å²) >= 11 is 0. The van der Waals surface area contributed by atoms with Gasteiger partial charge >= 0.3 is 6.09 Å². The Bertz CT molecular complexity index is 629. The van der Waals surface area contributed by atoms with Crippen molar-refractivity contribution < 1.29 is 14.3 Å². The molecule has 0 saturated heterocycles. The van der Waals surface area contributed by atoms with Gasteiger partial charge in [0.05, 0.1) is 0 Å². The molecule has 0 unspecified atom stereocenters. The van der Waals surface area contributed by atoms with Gasteiger partial charge in [0.15, 0.2) is 5.78 Å². The molecule has 1 N–H and O–H groups in total. The lowest BCUT2D eigenvalue weighted by Gasteiger charge is -2.28. The van der Waals surface area contributed by atoms with Gasteiger partial charge in [-0.2, -0.15) is 0 Å². The molecule has 1 aliphatic rings. The van der Waals surface area contributed by atoms with Gasteiger partial charge in [0.25, 0.3) is 0 Å². The number of Topliss-reactive ketones (excluding diaryl/α,β-unsaturated/α-hetero) is 1. The van der Waals surface area contributed by atoms with E-state index in [1.165, 1.54) is 0 Å². The number of rotatable bonds is 3. The first-order valence-corrected chi connectivity index (χ1v) is 7.80. The summed E-state index contributed by atoms with van der Waals surface area (Å²) in [5.41, 5.74) is 5.10. The largest absolute Gasteiger partial charge is 0.443 e. The van der Waals surface area contributed by atoms with E-state index in [-0.39, 0.29) is 5.78 Å². The summed E-state index contributed by atoms with van der Waals surface area (Å²) in [6, 6.07) is 7.64. The maximum Gasteiger partial charge on any atom is 0.422 e. The summed E-state index contributed by atoms with van der Waals surface area (Å²) < 4.78 is 5.25. The Kier molecular flexibility index (Phi) is 5.21. The molecule has 0 atom stereocenters. The van der Waals surface area contributed by atoms with Gasteiger partial charge < -0.3 is 4.74 Å². The normalized spacial score (nSPS) is 15.7. The molecule has 0 aromatic heterocycles. The van der Waals surface area contributed by atoms with E-state index in [1.54, 1.807) is 6.92 Å². The fourth-order valence-electron chi connectivity index (χ4n) is 2.52. The Balaban J connectivity index is 2.02. The molecule has 23 heavy (non-hydrogen) atoms. The summed E-state index contributed by atoms with van der Waals surface area (Å²) in [6.07, 6.45) is 2.36. The molecule has 124 valence electrons. The molecular formula is C18H24N2O3. The molecule has 5 heteroatoms. The van der Waals surface area contributed by atoms with Crippen molar-refractivity contribution >= 4 is 17.4 Å². The number of hydrazine groups is 1. The molecule has 0 radical (unpaired) electrons. The van der Waals surface area contributed by atoms with Crippen molar-refractivity contribution in [3.8, 4) is 0 Å². The molecule has 0 aliphatic carbocycles. The topological polar surface area (TPSA) is 58.6 Å². The molecule has 1 aliphatic heterocycles. The van der Waals surface area contributed by atoms with Crippen molar-refractivity contribution in [3.63, 3.8) is 0 Å². The maximum absolute atomic E-state index is 11.8. The summed E-state index contributed by atoms with van der Waals surface area (Å²) in [6.45, 7) is 8.34. The van der Waals surface area contributed by atoms with E-state index in [1.807, 2.05) is 56.1 Å². The first-order valence-electron chi connectivity index (χ1n) is 7.80. The fraction of sp³-hybridized carbons (Fsp3) is 0.444. The summed E-state index contributed by atoms with van der Waals surface area (Å²) in [5.74, 6) is 0.0656. The lowest BCUT2D eigenvalue weighted by molar-refractivity contribution is 0.0346. The van der Waals surface area contributed by atoms with Crippen LogP contribution in [-0.2, 0) is 4.74 Å². The quantitative estimate of drug-likeness (QED) is 0.868. The zero-order valence-electron chi connectivity index (χ0n) is 14.2. The van der Waals surface area contributed by atoms with E-state index in [4.69, 9.17) is 4.74 Å². The number of carbonyl (C=O) groups is 2. The van der Waals surface area contributed by atoms with Crippen LogP contribution in [0, 0.1) is 0 Å². The zero-order valence-corrected chi connectivity index (χ0v) is 14.2. The predicted octanol–water partition coefficient (Wildman–Crippen LogP) is 3.42. The number of ketones is 1. The first kappa shape index (κ1) is 17.2. The minimum atomic E-state index is -0.513.